The van der Waals surface area contributed by atoms with Crippen LogP contribution in [0, 0.1) is 13.7 Å². The molecule has 0 atom stereocenters. The van der Waals surface area contributed by atoms with E-state index in [1.165, 1.54) is 22.6 Å². The van der Waals surface area contributed by atoms with Crippen molar-refractivity contribution in [2.75, 3.05) is 0 Å². The van der Waals surface area contributed by atoms with Crippen molar-refractivity contribution in [1.82, 2.24) is 4.98 Å². The lowest BCUT2D eigenvalue weighted by Crippen LogP contribution is -2.03. The number of aromatic nitrogens is 1. The Bertz CT molecular complexity index is 403. The molecule has 0 bridgehead atoms. The minimum atomic E-state index is -2.77. The van der Waals surface area contributed by atoms with E-state index in [9.17, 15) is 18.9 Å². The van der Waals surface area contributed by atoms with Gasteiger partial charge in [-0.1, -0.05) is 15.9 Å². The average molecular weight is 393 g/mol. The van der Waals surface area contributed by atoms with Gasteiger partial charge >= 0.3 is 5.69 Å². The normalized spacial score (nSPS) is 10.7. The number of pyridine rings is 1. The van der Waals surface area contributed by atoms with Crippen LogP contribution in [-0.2, 0) is 5.33 Å². The Kier molecular flexibility index (Phi) is 4.32. The third-order valence-corrected chi connectivity index (χ3v) is 3.32. The second kappa shape index (κ2) is 5.10. The van der Waals surface area contributed by atoms with E-state index in [0.29, 0.717) is 0 Å². The molecule has 0 aromatic carbocycles. The molecule has 1 aromatic heterocycles. The van der Waals surface area contributed by atoms with E-state index in [4.69, 9.17) is 0 Å². The lowest BCUT2D eigenvalue weighted by atomic mass is 10.2. The van der Waals surface area contributed by atoms with Crippen LogP contribution in [0.5, 0.6) is 0 Å². The van der Waals surface area contributed by atoms with Crippen LogP contribution in [0.2, 0.25) is 0 Å². The Labute approximate surface area is 105 Å². The zero-order valence-electron chi connectivity index (χ0n) is 7.08. The zero-order valence-corrected chi connectivity index (χ0v) is 10.8. The number of alkyl halides is 3. The van der Waals surface area contributed by atoms with E-state index >= 15 is 0 Å². The van der Waals surface area contributed by atoms with Crippen LogP contribution in [0.15, 0.2) is 6.20 Å². The van der Waals surface area contributed by atoms with Gasteiger partial charge in [-0.05, 0) is 22.6 Å². The predicted molar refractivity (Wildman–Crippen MR) is 61.2 cm³/mol. The highest BCUT2D eigenvalue weighted by Gasteiger charge is 2.25. The summed E-state index contributed by atoms with van der Waals surface area (Å²) in [7, 11) is 0. The summed E-state index contributed by atoms with van der Waals surface area (Å²) in [6, 6.07) is 0. The van der Waals surface area contributed by atoms with Crippen LogP contribution >= 0.6 is 38.5 Å². The van der Waals surface area contributed by atoms with Crippen molar-refractivity contribution < 1.29 is 13.7 Å². The van der Waals surface area contributed by atoms with E-state index in [2.05, 4.69) is 20.9 Å². The second-order valence-corrected chi connectivity index (χ2v) is 4.15. The first-order chi connectivity index (χ1) is 6.99. The molecule has 4 nitrogen and oxygen atoms in total. The van der Waals surface area contributed by atoms with Crippen molar-refractivity contribution in [3.8, 4) is 0 Å². The summed E-state index contributed by atoms with van der Waals surface area (Å²) in [5, 5.41) is 10.6. The van der Waals surface area contributed by atoms with Gasteiger partial charge in [-0.25, -0.2) is 8.78 Å². The first-order valence-electron chi connectivity index (χ1n) is 3.64. The molecule has 0 spiro atoms. The van der Waals surface area contributed by atoms with Crippen LogP contribution in [0.1, 0.15) is 17.7 Å². The topological polar surface area (TPSA) is 56.0 Å². The third kappa shape index (κ3) is 2.60. The van der Waals surface area contributed by atoms with E-state index in [-0.39, 0.29) is 20.2 Å². The molecule has 0 radical (unpaired) electrons. The Morgan fingerprint density at radius 3 is 2.67 bits per heavy atom. The monoisotopic (exact) mass is 392 g/mol. The quantitative estimate of drug-likeness (QED) is 0.343. The molecule has 82 valence electrons. The average Bonchev–Trinajstić information content (AvgIpc) is 2.15. The lowest BCUT2D eigenvalue weighted by molar-refractivity contribution is -0.386. The highest BCUT2D eigenvalue weighted by molar-refractivity contribution is 14.1. The molecule has 0 N–H and O–H groups in total. The zero-order chi connectivity index (χ0) is 11.6. The summed E-state index contributed by atoms with van der Waals surface area (Å²) in [6.45, 7) is 0. The fraction of sp³-hybridized carbons (Fsp3) is 0.286. The van der Waals surface area contributed by atoms with Gasteiger partial charge in [0.15, 0.2) is 0 Å². The summed E-state index contributed by atoms with van der Waals surface area (Å²) in [6.07, 6.45) is -1.78. The van der Waals surface area contributed by atoms with Gasteiger partial charge in [-0.2, -0.15) is 0 Å². The molecule has 8 heteroatoms. The van der Waals surface area contributed by atoms with Gasteiger partial charge in [-0.15, -0.1) is 0 Å². The summed E-state index contributed by atoms with van der Waals surface area (Å²) < 4.78 is 25.2. The fourth-order valence-corrected chi connectivity index (χ4v) is 2.32. The summed E-state index contributed by atoms with van der Waals surface area (Å²) in [5.74, 6) is 0. The van der Waals surface area contributed by atoms with Gasteiger partial charge in [-0.3, -0.25) is 15.1 Å². The molecule has 0 saturated carbocycles. The molecule has 0 saturated heterocycles. The number of hydrogen-bond donors (Lipinski definition) is 0. The van der Waals surface area contributed by atoms with Gasteiger partial charge < -0.3 is 0 Å². The Morgan fingerprint density at radius 2 is 2.27 bits per heavy atom. The SMILES string of the molecule is O=[N+]([O-])c1cnc(CBr)c(C(F)F)c1I. The molecule has 1 aromatic rings. The predicted octanol–water partition coefficient (Wildman–Crippen LogP) is 3.43. The molecular weight excluding hydrogens is 389 g/mol. The number of rotatable bonds is 3. The molecule has 0 fully saturated rings. The molecule has 15 heavy (non-hydrogen) atoms. The van der Waals surface area contributed by atoms with Gasteiger partial charge in [0, 0.05) is 5.33 Å². The minimum absolute atomic E-state index is 0.0583. The van der Waals surface area contributed by atoms with Crippen LogP contribution < -0.4 is 0 Å². The minimum Gasteiger partial charge on any atom is -0.258 e. The number of halogens is 4. The fourth-order valence-electron chi connectivity index (χ4n) is 0.985. The van der Waals surface area contributed by atoms with Crippen LogP contribution in [-0.4, -0.2) is 9.91 Å². The van der Waals surface area contributed by atoms with Crippen molar-refractivity contribution in [2.24, 2.45) is 0 Å². The smallest absolute Gasteiger partial charge is 0.258 e. The standard InChI is InChI=1S/C7H4BrF2IN2O2/c8-1-3-5(7(9)10)6(11)4(2-12-3)13(14)15/h2,7H,1H2. The molecule has 0 aliphatic carbocycles. The number of nitrogens with zero attached hydrogens (tertiary/aromatic N) is 2. The summed E-state index contributed by atoms with van der Waals surface area (Å²) >= 11 is 4.54. The van der Waals surface area contributed by atoms with Crippen LogP contribution in [0.4, 0.5) is 14.5 Å². The molecule has 0 unspecified atom stereocenters. The van der Waals surface area contributed by atoms with E-state index < -0.39 is 17.0 Å². The first kappa shape index (κ1) is 12.7. The Morgan fingerprint density at radius 1 is 1.67 bits per heavy atom. The number of hydrogen-bond acceptors (Lipinski definition) is 3. The van der Waals surface area contributed by atoms with Crippen molar-refractivity contribution >= 4 is 44.2 Å². The maximum Gasteiger partial charge on any atom is 0.301 e. The molecule has 1 heterocycles. The summed E-state index contributed by atoms with van der Waals surface area (Å²) in [5.41, 5.74) is -0.641. The number of nitro groups is 1. The maximum absolute atomic E-state index is 12.6. The summed E-state index contributed by atoms with van der Waals surface area (Å²) in [4.78, 5) is 13.4. The Balaban J connectivity index is 3.42. The van der Waals surface area contributed by atoms with Crippen LogP contribution in [0.3, 0.4) is 0 Å². The largest absolute Gasteiger partial charge is 0.301 e. The Hall–Kier alpha value is -0.380. The molecule has 0 amide bonds. The third-order valence-electron chi connectivity index (χ3n) is 1.66. The van der Waals surface area contributed by atoms with Crippen LogP contribution in [0.25, 0.3) is 0 Å². The van der Waals surface area contributed by atoms with Gasteiger partial charge in [0.05, 0.1) is 16.2 Å². The van der Waals surface area contributed by atoms with Gasteiger partial charge in [0.2, 0.25) is 0 Å². The van der Waals surface area contributed by atoms with E-state index in [0.717, 1.165) is 6.20 Å². The van der Waals surface area contributed by atoms with E-state index in [1.54, 1.807) is 0 Å². The van der Waals surface area contributed by atoms with Crippen molar-refractivity contribution in [3.63, 3.8) is 0 Å². The molecule has 0 aliphatic heterocycles. The second-order valence-electron chi connectivity index (χ2n) is 2.51. The molecule has 0 aliphatic rings. The molecular formula is C7H4BrF2IN2O2. The van der Waals surface area contributed by atoms with Crippen molar-refractivity contribution in [2.45, 2.75) is 11.8 Å². The molecule has 1 rings (SSSR count). The van der Waals surface area contributed by atoms with Gasteiger partial charge in [0.25, 0.3) is 6.43 Å². The van der Waals surface area contributed by atoms with Gasteiger partial charge in [0.1, 0.15) is 9.77 Å². The highest BCUT2D eigenvalue weighted by Crippen LogP contribution is 2.33. The maximum atomic E-state index is 12.6. The first-order valence-corrected chi connectivity index (χ1v) is 5.84. The van der Waals surface area contributed by atoms with Crippen molar-refractivity contribution in [3.05, 3.63) is 31.1 Å². The van der Waals surface area contributed by atoms with Crippen molar-refractivity contribution in [1.29, 1.82) is 0 Å². The van der Waals surface area contributed by atoms with E-state index in [1.807, 2.05) is 0 Å². The highest BCUT2D eigenvalue weighted by atomic mass is 127. The lowest BCUT2D eigenvalue weighted by Gasteiger charge is -2.07.